The molecule has 0 fully saturated rings. The monoisotopic (exact) mass is 323 g/mol. The summed E-state index contributed by atoms with van der Waals surface area (Å²) in [5.74, 6) is -1.07. The molecule has 0 bridgehead atoms. The van der Waals surface area contributed by atoms with Gasteiger partial charge in [-0.3, -0.25) is 14.9 Å². The Morgan fingerprint density at radius 2 is 2.05 bits per heavy atom. The average molecular weight is 323 g/mol. The second-order valence-electron chi connectivity index (χ2n) is 4.02. The molecule has 0 unspecified atom stereocenters. The number of amides is 1. The molecule has 8 nitrogen and oxygen atoms in total. The number of hydrogen-bond donors (Lipinski definition) is 2. The number of alkyl halides is 2. The molecule has 1 aromatic carbocycles. The Labute approximate surface area is 118 Å². The standard InChI is InChI=1S/C10H11F2N3O5S/c1-5-7(15(17)18)2-6(3-8(5)21(13,19)20)10(16)14-4-9(11)12/h2-3,9H,4H2,1H3,(H,14,16)(H2,13,19,20). The number of hydrogen-bond acceptors (Lipinski definition) is 5. The lowest BCUT2D eigenvalue weighted by atomic mass is 10.1. The molecule has 0 aliphatic carbocycles. The Morgan fingerprint density at radius 3 is 2.48 bits per heavy atom. The van der Waals surface area contributed by atoms with E-state index in [-0.39, 0.29) is 5.56 Å². The molecule has 1 aromatic rings. The van der Waals surface area contributed by atoms with Crippen molar-refractivity contribution in [3.05, 3.63) is 33.4 Å². The van der Waals surface area contributed by atoms with E-state index in [4.69, 9.17) is 5.14 Å². The van der Waals surface area contributed by atoms with E-state index in [2.05, 4.69) is 0 Å². The number of nitro benzene ring substituents is 1. The van der Waals surface area contributed by atoms with Gasteiger partial charge in [-0.05, 0) is 13.0 Å². The molecule has 0 aromatic heterocycles. The van der Waals surface area contributed by atoms with E-state index in [1.165, 1.54) is 0 Å². The Kier molecular flexibility index (Phi) is 4.91. The van der Waals surface area contributed by atoms with Crippen molar-refractivity contribution in [2.24, 2.45) is 5.14 Å². The van der Waals surface area contributed by atoms with E-state index >= 15 is 0 Å². The first-order valence-electron chi connectivity index (χ1n) is 5.42. The Hall–Kier alpha value is -2.14. The quantitative estimate of drug-likeness (QED) is 0.603. The minimum Gasteiger partial charge on any atom is -0.346 e. The number of benzene rings is 1. The number of primary sulfonamides is 1. The summed E-state index contributed by atoms with van der Waals surface area (Å²) < 4.78 is 46.8. The summed E-state index contributed by atoms with van der Waals surface area (Å²) in [6, 6.07) is 1.60. The van der Waals surface area contributed by atoms with Crippen LogP contribution in [0.3, 0.4) is 0 Å². The number of halogens is 2. The molecule has 116 valence electrons. The molecule has 1 rings (SSSR count). The molecule has 0 radical (unpaired) electrons. The van der Waals surface area contributed by atoms with Crippen LogP contribution < -0.4 is 10.5 Å². The van der Waals surface area contributed by atoms with E-state index in [0.29, 0.717) is 0 Å². The zero-order valence-corrected chi connectivity index (χ0v) is 11.5. The van der Waals surface area contributed by atoms with Gasteiger partial charge in [-0.25, -0.2) is 22.3 Å². The second-order valence-corrected chi connectivity index (χ2v) is 5.55. The summed E-state index contributed by atoms with van der Waals surface area (Å²) in [4.78, 5) is 21.0. The number of rotatable bonds is 5. The highest BCUT2D eigenvalue weighted by molar-refractivity contribution is 7.89. The van der Waals surface area contributed by atoms with Gasteiger partial charge in [0.05, 0.1) is 16.4 Å². The largest absolute Gasteiger partial charge is 0.346 e. The summed E-state index contributed by atoms with van der Waals surface area (Å²) in [5.41, 5.74) is -1.34. The molecule has 0 atom stereocenters. The van der Waals surface area contributed by atoms with Crippen LogP contribution in [0.1, 0.15) is 15.9 Å². The van der Waals surface area contributed by atoms with E-state index in [9.17, 15) is 32.1 Å². The van der Waals surface area contributed by atoms with Crippen LogP contribution >= 0.6 is 0 Å². The maximum atomic E-state index is 12.0. The minimum absolute atomic E-state index is 0.243. The predicted octanol–water partition coefficient (Wildman–Crippen LogP) is 0.546. The summed E-state index contributed by atoms with van der Waals surface area (Å²) in [6.45, 7) is 0.184. The third-order valence-electron chi connectivity index (χ3n) is 2.51. The summed E-state index contributed by atoms with van der Waals surface area (Å²) in [5, 5.41) is 17.6. The van der Waals surface area contributed by atoms with Crippen LogP contribution in [0, 0.1) is 17.0 Å². The Bertz CT molecular complexity index is 690. The molecule has 0 aliphatic heterocycles. The first-order valence-corrected chi connectivity index (χ1v) is 6.97. The van der Waals surface area contributed by atoms with Gasteiger partial charge in [-0.15, -0.1) is 0 Å². The maximum Gasteiger partial charge on any atom is 0.274 e. The third-order valence-corrected chi connectivity index (χ3v) is 3.55. The van der Waals surface area contributed by atoms with Gasteiger partial charge in [0.25, 0.3) is 18.0 Å². The van der Waals surface area contributed by atoms with Crippen LogP contribution in [-0.4, -0.2) is 32.2 Å². The fraction of sp³-hybridized carbons (Fsp3) is 0.300. The molecule has 1 amide bonds. The van der Waals surface area contributed by atoms with Gasteiger partial charge < -0.3 is 5.32 Å². The zero-order chi connectivity index (χ0) is 16.4. The van der Waals surface area contributed by atoms with E-state index in [0.717, 1.165) is 19.1 Å². The van der Waals surface area contributed by atoms with Gasteiger partial charge >= 0.3 is 0 Å². The van der Waals surface area contributed by atoms with E-state index < -0.39 is 50.0 Å². The highest BCUT2D eigenvalue weighted by Crippen LogP contribution is 2.26. The second kappa shape index (κ2) is 6.10. The lowest BCUT2D eigenvalue weighted by molar-refractivity contribution is -0.385. The molecular weight excluding hydrogens is 312 g/mol. The average Bonchev–Trinajstić information content (AvgIpc) is 2.34. The first-order chi connectivity index (χ1) is 9.54. The molecule has 0 heterocycles. The lowest BCUT2D eigenvalue weighted by Gasteiger charge is -2.09. The lowest BCUT2D eigenvalue weighted by Crippen LogP contribution is -2.29. The van der Waals surface area contributed by atoms with Crippen molar-refractivity contribution in [1.29, 1.82) is 0 Å². The first kappa shape index (κ1) is 16.9. The topological polar surface area (TPSA) is 132 Å². The normalized spacial score (nSPS) is 11.5. The zero-order valence-electron chi connectivity index (χ0n) is 10.7. The van der Waals surface area contributed by atoms with Crippen molar-refractivity contribution in [2.75, 3.05) is 6.54 Å². The van der Waals surface area contributed by atoms with Crippen molar-refractivity contribution >= 4 is 21.6 Å². The highest BCUT2D eigenvalue weighted by atomic mass is 32.2. The molecule has 11 heteroatoms. The van der Waals surface area contributed by atoms with Gasteiger partial charge in [0, 0.05) is 17.2 Å². The number of sulfonamides is 1. The fourth-order valence-corrected chi connectivity index (χ4v) is 2.38. The van der Waals surface area contributed by atoms with Crippen LogP contribution in [-0.2, 0) is 10.0 Å². The number of nitrogens with zero attached hydrogens (tertiary/aromatic N) is 1. The van der Waals surface area contributed by atoms with Gasteiger partial charge in [-0.1, -0.05) is 0 Å². The summed E-state index contributed by atoms with van der Waals surface area (Å²) in [6.07, 6.45) is -2.81. The van der Waals surface area contributed by atoms with Gasteiger partial charge in [-0.2, -0.15) is 0 Å². The predicted molar refractivity (Wildman–Crippen MR) is 67.5 cm³/mol. The van der Waals surface area contributed by atoms with Crippen LogP contribution in [0.15, 0.2) is 17.0 Å². The maximum absolute atomic E-state index is 12.0. The molecular formula is C10H11F2N3O5S. The number of carbonyl (C=O) groups excluding carboxylic acids is 1. The van der Waals surface area contributed by atoms with Crippen LogP contribution in [0.25, 0.3) is 0 Å². The molecule has 0 saturated carbocycles. The SMILES string of the molecule is Cc1c([N+](=O)[O-])cc(C(=O)NCC(F)F)cc1S(N)(=O)=O. The fourth-order valence-electron chi connectivity index (χ4n) is 1.56. The molecule has 0 saturated heterocycles. The van der Waals surface area contributed by atoms with Crippen molar-refractivity contribution < 1.29 is 26.9 Å². The van der Waals surface area contributed by atoms with Crippen LogP contribution in [0.4, 0.5) is 14.5 Å². The van der Waals surface area contributed by atoms with Gasteiger partial charge in [0.2, 0.25) is 10.0 Å². The summed E-state index contributed by atoms with van der Waals surface area (Å²) >= 11 is 0. The van der Waals surface area contributed by atoms with Crippen molar-refractivity contribution in [1.82, 2.24) is 5.32 Å². The summed E-state index contributed by atoms with van der Waals surface area (Å²) in [7, 11) is -4.31. The van der Waals surface area contributed by atoms with Crippen LogP contribution in [0.2, 0.25) is 0 Å². The molecule has 21 heavy (non-hydrogen) atoms. The number of nitrogens with two attached hydrogens (primary N) is 1. The highest BCUT2D eigenvalue weighted by Gasteiger charge is 2.24. The number of nitro groups is 1. The van der Waals surface area contributed by atoms with E-state index in [1.807, 2.05) is 5.32 Å². The molecule has 0 spiro atoms. The van der Waals surface area contributed by atoms with Crippen LogP contribution in [0.5, 0.6) is 0 Å². The minimum atomic E-state index is -4.31. The Balaban J connectivity index is 3.38. The Morgan fingerprint density at radius 1 is 1.48 bits per heavy atom. The van der Waals surface area contributed by atoms with Gasteiger partial charge in [0.15, 0.2) is 0 Å². The van der Waals surface area contributed by atoms with Crippen molar-refractivity contribution in [3.8, 4) is 0 Å². The van der Waals surface area contributed by atoms with E-state index in [1.54, 1.807) is 0 Å². The number of nitrogens with one attached hydrogen (secondary N) is 1. The number of carbonyl (C=O) groups is 1. The van der Waals surface area contributed by atoms with Crippen molar-refractivity contribution in [3.63, 3.8) is 0 Å². The molecule has 0 aliphatic rings. The van der Waals surface area contributed by atoms with Crippen molar-refractivity contribution in [2.45, 2.75) is 18.2 Å². The molecule has 3 N–H and O–H groups in total. The van der Waals surface area contributed by atoms with Gasteiger partial charge in [0.1, 0.15) is 0 Å². The smallest absolute Gasteiger partial charge is 0.274 e. The third kappa shape index (κ3) is 4.16.